The van der Waals surface area contributed by atoms with Gasteiger partial charge in [-0.3, -0.25) is 14.6 Å². The van der Waals surface area contributed by atoms with E-state index in [-0.39, 0.29) is 17.4 Å². The molecule has 6 rings (SSSR count). The van der Waals surface area contributed by atoms with E-state index in [4.69, 9.17) is 11.6 Å². The minimum absolute atomic E-state index is 0.00602. The van der Waals surface area contributed by atoms with E-state index < -0.39 is 0 Å². The predicted octanol–water partition coefficient (Wildman–Crippen LogP) is 2.84. The molecule has 0 aliphatic carbocycles. The molecule has 2 N–H and O–H groups in total. The van der Waals surface area contributed by atoms with Gasteiger partial charge in [-0.05, 0) is 44.1 Å². The number of pyridine rings is 3. The molecule has 8 nitrogen and oxygen atoms in total. The number of hydrogen-bond acceptors (Lipinski definition) is 7. The van der Waals surface area contributed by atoms with Gasteiger partial charge in [-0.1, -0.05) is 11.6 Å². The number of fused-ring (bicyclic) bond motifs is 1. The summed E-state index contributed by atoms with van der Waals surface area (Å²) in [6.45, 7) is 4.22. The van der Waals surface area contributed by atoms with Crippen molar-refractivity contribution in [1.29, 1.82) is 0 Å². The Hall–Kier alpha value is -2.46. The van der Waals surface area contributed by atoms with Gasteiger partial charge in [0.05, 0.1) is 32.4 Å². The summed E-state index contributed by atoms with van der Waals surface area (Å²) in [5, 5.41) is 7.14. The number of aromatic nitrogens is 3. The van der Waals surface area contributed by atoms with Gasteiger partial charge in [0.15, 0.2) is 0 Å². The van der Waals surface area contributed by atoms with Crippen LogP contribution in [-0.4, -0.2) is 56.8 Å². The molecule has 34 heavy (non-hydrogen) atoms. The summed E-state index contributed by atoms with van der Waals surface area (Å²) in [5.74, 6) is 1.33. The molecule has 0 saturated carbocycles. The first-order valence-electron chi connectivity index (χ1n) is 11.6. The lowest BCUT2D eigenvalue weighted by Crippen LogP contribution is -2.43. The molecule has 6 heterocycles. The second kappa shape index (κ2) is 8.96. The Morgan fingerprint density at radius 1 is 1.18 bits per heavy atom. The van der Waals surface area contributed by atoms with Gasteiger partial charge in [0.1, 0.15) is 5.82 Å². The third-order valence-corrected chi connectivity index (χ3v) is 8.32. The number of anilines is 1. The van der Waals surface area contributed by atoms with Crippen LogP contribution < -0.4 is 16.2 Å². The second-order valence-corrected chi connectivity index (χ2v) is 10.6. The average Bonchev–Trinajstić information content (AvgIpc) is 3.23. The molecule has 3 aromatic heterocycles. The molecule has 176 valence electrons. The van der Waals surface area contributed by atoms with Crippen molar-refractivity contribution >= 4 is 46.1 Å². The van der Waals surface area contributed by atoms with Crippen molar-refractivity contribution < 1.29 is 4.79 Å². The van der Waals surface area contributed by atoms with E-state index in [9.17, 15) is 9.59 Å². The van der Waals surface area contributed by atoms with Gasteiger partial charge in [0, 0.05) is 49.4 Å². The molecule has 0 radical (unpaired) electrons. The normalized spacial score (nSPS) is 20.5. The number of halogens is 1. The molecule has 1 fully saturated rings. The third-order valence-electron chi connectivity index (χ3n) is 6.97. The average molecular weight is 497 g/mol. The zero-order valence-electron chi connectivity index (χ0n) is 18.6. The van der Waals surface area contributed by atoms with Crippen LogP contribution in [0.2, 0.25) is 5.02 Å². The number of piperidine rings is 1. The number of nitrogens with zero attached hydrogens (tertiary/aromatic N) is 4. The fourth-order valence-electron chi connectivity index (χ4n) is 5.28. The largest absolute Gasteiger partial charge is 0.309 e. The van der Waals surface area contributed by atoms with Crippen LogP contribution in [0, 0.1) is 0 Å². The molecule has 0 aromatic carbocycles. The molecular weight excluding hydrogens is 472 g/mol. The molecule has 3 aromatic rings. The van der Waals surface area contributed by atoms with E-state index in [1.165, 1.54) is 11.8 Å². The molecule has 10 heteroatoms. The molecule has 1 unspecified atom stereocenters. The molecule has 0 spiro atoms. The maximum Gasteiger partial charge on any atom is 0.251 e. The van der Waals surface area contributed by atoms with E-state index in [0.29, 0.717) is 35.7 Å². The van der Waals surface area contributed by atoms with E-state index in [2.05, 4.69) is 25.5 Å². The SMILES string of the molecule is O=C1CSc2ccc(CNC3CCN(CC4Cn5c(=O)ccc6ncc(Cl)c4c65)CC3)nc2N1. The van der Waals surface area contributed by atoms with Crippen molar-refractivity contribution in [3.63, 3.8) is 0 Å². The lowest BCUT2D eigenvalue weighted by molar-refractivity contribution is -0.113. The van der Waals surface area contributed by atoms with Crippen LogP contribution in [-0.2, 0) is 17.9 Å². The van der Waals surface area contributed by atoms with Crippen molar-refractivity contribution in [2.45, 2.75) is 42.8 Å². The Morgan fingerprint density at radius 3 is 2.88 bits per heavy atom. The summed E-state index contributed by atoms with van der Waals surface area (Å²) in [6.07, 6.45) is 3.81. The Morgan fingerprint density at radius 2 is 2.03 bits per heavy atom. The lowest BCUT2D eigenvalue weighted by Gasteiger charge is -2.34. The van der Waals surface area contributed by atoms with E-state index in [0.717, 1.165) is 59.7 Å². The Kier molecular flexibility index (Phi) is 5.81. The van der Waals surface area contributed by atoms with Gasteiger partial charge in [-0.2, -0.15) is 0 Å². The first-order valence-corrected chi connectivity index (χ1v) is 13.0. The molecule has 1 amide bonds. The summed E-state index contributed by atoms with van der Waals surface area (Å²) in [5.41, 5.74) is 3.74. The standard InChI is InChI=1S/C24H25ClN6O2S/c25-17-10-27-18-2-4-21(33)31-12-14(22(17)23(18)31)11-30-7-5-15(6-8-30)26-9-16-1-3-19-24(28-16)29-20(32)13-34-19/h1-4,10,14-15,26H,5-9,11-13H2,(H,28,29,32). The number of rotatable bonds is 5. The fraction of sp³-hybridized carbons (Fsp3) is 0.417. The van der Waals surface area contributed by atoms with Crippen LogP contribution in [0.1, 0.15) is 30.0 Å². The van der Waals surface area contributed by atoms with Gasteiger partial charge in [-0.15, -0.1) is 11.8 Å². The molecule has 1 atom stereocenters. The highest BCUT2D eigenvalue weighted by Crippen LogP contribution is 2.37. The highest BCUT2D eigenvalue weighted by atomic mass is 35.5. The molecule has 3 aliphatic rings. The topological polar surface area (TPSA) is 92.2 Å². The summed E-state index contributed by atoms with van der Waals surface area (Å²) in [6, 6.07) is 7.88. The predicted molar refractivity (Wildman–Crippen MR) is 134 cm³/mol. The number of amides is 1. The highest BCUT2D eigenvalue weighted by Gasteiger charge is 2.31. The molecule has 3 aliphatic heterocycles. The Labute approximate surface area is 206 Å². The first kappa shape index (κ1) is 22.0. The number of carbonyl (C=O) groups excluding carboxylic acids is 1. The molecule has 0 bridgehead atoms. The summed E-state index contributed by atoms with van der Waals surface area (Å²) in [7, 11) is 0. The van der Waals surface area contributed by atoms with E-state index >= 15 is 0 Å². The number of likely N-dealkylation sites (tertiary alicyclic amines) is 1. The van der Waals surface area contributed by atoms with Gasteiger partial charge >= 0.3 is 0 Å². The first-order chi connectivity index (χ1) is 16.5. The van der Waals surface area contributed by atoms with Crippen molar-refractivity contribution in [2.75, 3.05) is 30.7 Å². The van der Waals surface area contributed by atoms with Crippen molar-refractivity contribution in [3.05, 3.63) is 57.1 Å². The molecule has 1 saturated heterocycles. The number of thioether (sulfide) groups is 1. The fourth-order valence-corrected chi connectivity index (χ4v) is 6.33. The number of nitrogens with one attached hydrogen (secondary N) is 2. The summed E-state index contributed by atoms with van der Waals surface area (Å²) < 4.78 is 1.83. The van der Waals surface area contributed by atoms with Crippen LogP contribution in [0.3, 0.4) is 0 Å². The summed E-state index contributed by atoms with van der Waals surface area (Å²) in [4.78, 5) is 36.6. The van der Waals surface area contributed by atoms with Crippen molar-refractivity contribution in [2.24, 2.45) is 0 Å². The minimum Gasteiger partial charge on any atom is -0.309 e. The Balaban J connectivity index is 1.06. The smallest absolute Gasteiger partial charge is 0.251 e. The van der Waals surface area contributed by atoms with Crippen LogP contribution in [0.25, 0.3) is 11.0 Å². The van der Waals surface area contributed by atoms with Crippen LogP contribution >= 0.6 is 23.4 Å². The Bertz CT molecular complexity index is 1340. The van der Waals surface area contributed by atoms with E-state index in [1.807, 2.05) is 16.7 Å². The summed E-state index contributed by atoms with van der Waals surface area (Å²) >= 11 is 8.07. The van der Waals surface area contributed by atoms with Crippen molar-refractivity contribution in [3.8, 4) is 0 Å². The zero-order valence-corrected chi connectivity index (χ0v) is 20.2. The van der Waals surface area contributed by atoms with Gasteiger partial charge in [-0.25, -0.2) is 4.98 Å². The van der Waals surface area contributed by atoms with E-state index in [1.54, 1.807) is 18.3 Å². The lowest BCUT2D eigenvalue weighted by atomic mass is 9.98. The van der Waals surface area contributed by atoms with Crippen LogP contribution in [0.4, 0.5) is 5.82 Å². The number of carbonyl (C=O) groups is 1. The van der Waals surface area contributed by atoms with Gasteiger partial charge < -0.3 is 20.1 Å². The quantitative estimate of drug-likeness (QED) is 0.561. The monoisotopic (exact) mass is 496 g/mol. The van der Waals surface area contributed by atoms with Crippen LogP contribution in [0.5, 0.6) is 0 Å². The molecular formula is C24H25ClN6O2S. The highest BCUT2D eigenvalue weighted by molar-refractivity contribution is 8.00. The van der Waals surface area contributed by atoms with Crippen molar-refractivity contribution in [1.82, 2.24) is 24.8 Å². The minimum atomic E-state index is 0.00602. The maximum absolute atomic E-state index is 12.4. The van der Waals surface area contributed by atoms with Gasteiger partial charge in [0.2, 0.25) is 5.91 Å². The zero-order chi connectivity index (χ0) is 23.2. The number of hydrogen-bond donors (Lipinski definition) is 2. The third kappa shape index (κ3) is 4.11. The van der Waals surface area contributed by atoms with Crippen LogP contribution in [0.15, 0.2) is 40.2 Å². The van der Waals surface area contributed by atoms with Gasteiger partial charge in [0.25, 0.3) is 5.56 Å². The maximum atomic E-state index is 12.4. The second-order valence-electron chi connectivity index (χ2n) is 9.17.